The van der Waals surface area contributed by atoms with Crippen LogP contribution in [0, 0.1) is 27.7 Å². The van der Waals surface area contributed by atoms with E-state index in [0.717, 1.165) is 44.5 Å². The zero-order valence-electron chi connectivity index (χ0n) is 20.7. The van der Waals surface area contributed by atoms with Crippen molar-refractivity contribution in [3.63, 3.8) is 0 Å². The highest BCUT2D eigenvalue weighted by molar-refractivity contribution is 5.55. The topological polar surface area (TPSA) is 80.9 Å². The first-order valence-corrected chi connectivity index (χ1v) is 11.8. The van der Waals surface area contributed by atoms with Crippen molar-refractivity contribution in [1.82, 2.24) is 0 Å². The molecule has 0 aliphatic carbocycles. The van der Waals surface area contributed by atoms with E-state index in [1.807, 2.05) is 88.4 Å². The van der Waals surface area contributed by atoms with E-state index in [1.165, 1.54) is 0 Å². The Hall–Kier alpha value is -3.92. The first-order chi connectivity index (χ1) is 16.7. The van der Waals surface area contributed by atoms with E-state index in [9.17, 15) is 20.4 Å². The van der Waals surface area contributed by atoms with Gasteiger partial charge < -0.3 is 20.4 Å². The van der Waals surface area contributed by atoms with Crippen LogP contribution in [0.5, 0.6) is 23.0 Å². The van der Waals surface area contributed by atoms with Crippen LogP contribution in [0.1, 0.15) is 55.6 Å². The van der Waals surface area contributed by atoms with Crippen LogP contribution in [0.3, 0.4) is 0 Å². The van der Waals surface area contributed by atoms with Gasteiger partial charge in [0.05, 0.1) is 0 Å². The molecular formula is C31H32O4. The molecule has 0 radical (unpaired) electrons. The van der Waals surface area contributed by atoms with Crippen LogP contribution in [0.15, 0.2) is 60.7 Å². The van der Waals surface area contributed by atoms with Crippen LogP contribution in [-0.2, 0) is 19.3 Å². The summed E-state index contributed by atoms with van der Waals surface area (Å²) in [6, 6.07) is 19.0. The second-order valence-corrected chi connectivity index (χ2v) is 9.43. The van der Waals surface area contributed by atoms with Crippen LogP contribution in [0.4, 0.5) is 0 Å². The van der Waals surface area contributed by atoms with Crippen molar-refractivity contribution in [2.24, 2.45) is 0 Å². The van der Waals surface area contributed by atoms with Gasteiger partial charge in [-0.25, -0.2) is 0 Å². The largest absolute Gasteiger partial charge is 0.507 e. The Bertz CT molecular complexity index is 1290. The summed E-state index contributed by atoms with van der Waals surface area (Å²) in [6.45, 7) is 7.61. The van der Waals surface area contributed by atoms with Gasteiger partial charge in [0.15, 0.2) is 0 Å². The van der Waals surface area contributed by atoms with E-state index in [1.54, 1.807) is 0 Å². The number of para-hydroxylation sites is 2. The van der Waals surface area contributed by atoms with Gasteiger partial charge in [0.25, 0.3) is 0 Å². The van der Waals surface area contributed by atoms with E-state index < -0.39 is 0 Å². The molecule has 0 spiro atoms. The van der Waals surface area contributed by atoms with Crippen LogP contribution in [0.25, 0.3) is 0 Å². The summed E-state index contributed by atoms with van der Waals surface area (Å²) in [6.07, 6.45) is 1.19. The molecule has 180 valence electrons. The third-order valence-corrected chi connectivity index (χ3v) is 6.96. The lowest BCUT2D eigenvalue weighted by molar-refractivity contribution is 0.453. The number of aryl methyl sites for hydroxylation is 4. The van der Waals surface area contributed by atoms with Crippen molar-refractivity contribution in [2.45, 2.75) is 47.0 Å². The predicted octanol–water partition coefficient (Wildman–Crippen LogP) is 6.52. The van der Waals surface area contributed by atoms with E-state index in [2.05, 4.69) is 0 Å². The molecule has 4 N–H and O–H groups in total. The third kappa shape index (κ3) is 4.83. The average molecular weight is 469 g/mol. The van der Waals surface area contributed by atoms with Gasteiger partial charge in [0.2, 0.25) is 0 Å². The molecular weight excluding hydrogens is 436 g/mol. The van der Waals surface area contributed by atoms with Crippen LogP contribution in [-0.4, -0.2) is 20.4 Å². The van der Waals surface area contributed by atoms with Gasteiger partial charge in [-0.1, -0.05) is 60.7 Å². The quantitative estimate of drug-likeness (QED) is 0.260. The molecule has 0 heterocycles. The standard InChI is InChI=1S/C31H32O4/c1-18-11-13-24(30(34)26(18)16-22-9-5-7-20(3)28(22)32)15-25-14-12-19(2)27(31(25)35)17-23-10-6-8-21(4)29(23)33/h5-14,32-35H,15-17H2,1-4H3. The molecule has 0 unspecified atom stereocenters. The summed E-state index contributed by atoms with van der Waals surface area (Å²) in [5.41, 5.74) is 7.95. The predicted molar refractivity (Wildman–Crippen MR) is 140 cm³/mol. The Morgan fingerprint density at radius 3 is 1.17 bits per heavy atom. The molecule has 4 aromatic carbocycles. The molecule has 0 atom stereocenters. The zero-order chi connectivity index (χ0) is 25.3. The summed E-state index contributed by atoms with van der Waals surface area (Å²) < 4.78 is 0. The van der Waals surface area contributed by atoms with Crippen molar-refractivity contribution in [3.05, 3.63) is 116 Å². The van der Waals surface area contributed by atoms with Gasteiger partial charge >= 0.3 is 0 Å². The van der Waals surface area contributed by atoms with E-state index in [-0.39, 0.29) is 23.0 Å². The van der Waals surface area contributed by atoms with Gasteiger partial charge in [0, 0.05) is 30.4 Å². The van der Waals surface area contributed by atoms with Crippen molar-refractivity contribution in [1.29, 1.82) is 0 Å². The van der Waals surface area contributed by atoms with Gasteiger partial charge in [-0.3, -0.25) is 0 Å². The van der Waals surface area contributed by atoms with E-state index in [4.69, 9.17) is 0 Å². The fourth-order valence-corrected chi connectivity index (χ4v) is 4.61. The zero-order valence-corrected chi connectivity index (χ0v) is 20.7. The molecule has 35 heavy (non-hydrogen) atoms. The molecule has 0 aliphatic heterocycles. The normalized spacial score (nSPS) is 11.1. The van der Waals surface area contributed by atoms with Crippen LogP contribution in [0.2, 0.25) is 0 Å². The Kier molecular flexibility index (Phi) is 6.74. The number of benzene rings is 4. The maximum atomic E-state index is 11.2. The minimum absolute atomic E-state index is 0.184. The Balaban J connectivity index is 1.68. The summed E-state index contributed by atoms with van der Waals surface area (Å²) in [5, 5.41) is 43.3. The molecule has 0 saturated heterocycles. The average Bonchev–Trinajstić information content (AvgIpc) is 2.83. The Morgan fingerprint density at radius 2 is 0.771 bits per heavy atom. The fourth-order valence-electron chi connectivity index (χ4n) is 4.61. The highest BCUT2D eigenvalue weighted by atomic mass is 16.3. The van der Waals surface area contributed by atoms with Crippen molar-refractivity contribution < 1.29 is 20.4 Å². The maximum absolute atomic E-state index is 11.2. The summed E-state index contributed by atoms with van der Waals surface area (Å²) >= 11 is 0. The van der Waals surface area contributed by atoms with E-state index in [0.29, 0.717) is 30.4 Å². The van der Waals surface area contributed by atoms with E-state index >= 15 is 0 Å². The molecule has 0 bridgehead atoms. The number of hydrogen-bond donors (Lipinski definition) is 4. The molecule has 0 saturated carbocycles. The molecule has 0 aliphatic rings. The lowest BCUT2D eigenvalue weighted by Crippen LogP contribution is -2.01. The third-order valence-electron chi connectivity index (χ3n) is 6.96. The number of rotatable bonds is 6. The monoisotopic (exact) mass is 468 g/mol. The smallest absolute Gasteiger partial charge is 0.122 e. The Labute approximate surface area is 206 Å². The van der Waals surface area contributed by atoms with Gasteiger partial charge in [-0.15, -0.1) is 0 Å². The minimum atomic E-state index is 0.184. The summed E-state index contributed by atoms with van der Waals surface area (Å²) in [7, 11) is 0. The first kappa shape index (κ1) is 24.2. The summed E-state index contributed by atoms with van der Waals surface area (Å²) in [5.74, 6) is 0.862. The van der Waals surface area contributed by atoms with Crippen molar-refractivity contribution in [3.8, 4) is 23.0 Å². The fraction of sp³-hybridized carbons (Fsp3) is 0.226. The molecule has 4 heteroatoms. The second-order valence-electron chi connectivity index (χ2n) is 9.43. The van der Waals surface area contributed by atoms with Crippen molar-refractivity contribution in [2.75, 3.05) is 0 Å². The SMILES string of the molecule is Cc1cccc(Cc2c(C)ccc(Cc3ccc(C)c(Cc4cccc(C)c4O)c3O)c2O)c1O. The lowest BCUT2D eigenvalue weighted by Gasteiger charge is -2.17. The molecule has 4 aromatic rings. The number of aromatic hydroxyl groups is 4. The van der Waals surface area contributed by atoms with Crippen LogP contribution >= 0.6 is 0 Å². The van der Waals surface area contributed by atoms with Gasteiger partial charge in [0.1, 0.15) is 23.0 Å². The molecule has 4 rings (SSSR count). The summed E-state index contributed by atoms with van der Waals surface area (Å²) in [4.78, 5) is 0. The van der Waals surface area contributed by atoms with Crippen molar-refractivity contribution >= 4 is 0 Å². The van der Waals surface area contributed by atoms with Gasteiger partial charge in [-0.2, -0.15) is 0 Å². The molecule has 0 aromatic heterocycles. The number of phenols is 4. The van der Waals surface area contributed by atoms with Gasteiger partial charge in [-0.05, 0) is 72.2 Å². The number of hydrogen-bond acceptors (Lipinski definition) is 4. The highest BCUT2D eigenvalue weighted by Crippen LogP contribution is 2.36. The molecule has 0 amide bonds. The highest BCUT2D eigenvalue weighted by Gasteiger charge is 2.18. The molecule has 0 fully saturated rings. The second kappa shape index (κ2) is 9.75. The number of phenolic OH excluding ortho intramolecular Hbond substituents is 4. The Morgan fingerprint density at radius 1 is 0.400 bits per heavy atom. The molecule has 4 nitrogen and oxygen atoms in total. The minimum Gasteiger partial charge on any atom is -0.507 e. The maximum Gasteiger partial charge on any atom is 0.122 e. The first-order valence-electron chi connectivity index (χ1n) is 11.8. The lowest BCUT2D eigenvalue weighted by atomic mass is 9.91. The van der Waals surface area contributed by atoms with Crippen LogP contribution < -0.4 is 0 Å².